The quantitative estimate of drug-likeness (QED) is 0.829. The molecule has 0 aliphatic heterocycles. The fraction of sp³-hybridized carbons (Fsp3) is 0.636. The number of nitrogens with one attached hydrogen (secondary N) is 1. The van der Waals surface area contributed by atoms with Gasteiger partial charge >= 0.3 is 0 Å². The van der Waals surface area contributed by atoms with E-state index in [0.717, 1.165) is 23.4 Å². The molecule has 1 unspecified atom stereocenters. The van der Waals surface area contributed by atoms with Crippen LogP contribution in [0.25, 0.3) is 0 Å². The van der Waals surface area contributed by atoms with E-state index >= 15 is 0 Å². The Bertz CT molecular complexity index is 396. The van der Waals surface area contributed by atoms with Crippen LogP contribution in [0.15, 0.2) is 5.51 Å². The molecule has 1 fully saturated rings. The molecular weight excluding hydrogens is 222 g/mol. The van der Waals surface area contributed by atoms with Gasteiger partial charge in [-0.3, -0.25) is 4.79 Å². The number of amides is 1. The van der Waals surface area contributed by atoms with Crippen molar-refractivity contribution in [3.05, 3.63) is 16.1 Å². The molecule has 4 nitrogen and oxygen atoms in total. The number of thiazole rings is 1. The Hall–Kier alpha value is -0.940. The van der Waals surface area contributed by atoms with Gasteiger partial charge in [0.2, 0.25) is 5.91 Å². The van der Waals surface area contributed by atoms with Gasteiger partial charge in [-0.05, 0) is 32.6 Å². The summed E-state index contributed by atoms with van der Waals surface area (Å²) in [6, 6.07) is 0. The largest absolute Gasteiger partial charge is 0.350 e. The van der Waals surface area contributed by atoms with Crippen LogP contribution in [0.3, 0.4) is 0 Å². The number of aromatic nitrogens is 1. The fourth-order valence-corrected chi connectivity index (χ4v) is 2.43. The fourth-order valence-electron chi connectivity index (χ4n) is 1.72. The number of hydrogen-bond donors (Lipinski definition) is 2. The minimum Gasteiger partial charge on any atom is -0.350 e. The van der Waals surface area contributed by atoms with Crippen LogP contribution in [0, 0.1) is 12.8 Å². The Morgan fingerprint density at radius 3 is 2.94 bits per heavy atom. The highest BCUT2D eigenvalue weighted by Gasteiger charge is 2.43. The summed E-state index contributed by atoms with van der Waals surface area (Å²) < 4.78 is 0. The van der Waals surface area contributed by atoms with Crippen LogP contribution < -0.4 is 11.1 Å². The van der Waals surface area contributed by atoms with E-state index in [1.165, 1.54) is 0 Å². The summed E-state index contributed by atoms with van der Waals surface area (Å²) in [6.45, 7) is 4.30. The van der Waals surface area contributed by atoms with E-state index < -0.39 is 5.54 Å². The standard InChI is InChI=1S/C11H17N3OS/c1-7-9(16-6-14-7)5-13-10(15)11(2,12)8-3-4-8/h6,8H,3-5,12H2,1-2H3,(H,13,15). The molecular formula is C11H17N3OS. The molecule has 0 saturated heterocycles. The lowest BCUT2D eigenvalue weighted by Gasteiger charge is -2.22. The molecule has 0 aromatic carbocycles. The van der Waals surface area contributed by atoms with E-state index in [0.29, 0.717) is 12.5 Å². The molecule has 1 aliphatic carbocycles. The van der Waals surface area contributed by atoms with Crippen LogP contribution in [0.5, 0.6) is 0 Å². The second kappa shape index (κ2) is 4.14. The van der Waals surface area contributed by atoms with Gasteiger partial charge in [0.15, 0.2) is 0 Å². The number of nitrogens with zero attached hydrogens (tertiary/aromatic N) is 1. The summed E-state index contributed by atoms with van der Waals surface area (Å²) in [6.07, 6.45) is 2.14. The molecule has 1 aliphatic rings. The van der Waals surface area contributed by atoms with Gasteiger partial charge in [-0.1, -0.05) is 0 Å². The van der Waals surface area contributed by atoms with Crippen LogP contribution in [0.4, 0.5) is 0 Å². The van der Waals surface area contributed by atoms with Crippen LogP contribution in [-0.2, 0) is 11.3 Å². The molecule has 3 N–H and O–H groups in total. The van der Waals surface area contributed by atoms with Crippen molar-refractivity contribution in [3.63, 3.8) is 0 Å². The predicted octanol–water partition coefficient (Wildman–Crippen LogP) is 1.20. The number of carbonyl (C=O) groups is 1. The Morgan fingerprint density at radius 1 is 1.75 bits per heavy atom. The lowest BCUT2D eigenvalue weighted by Crippen LogP contribution is -2.53. The number of nitrogens with two attached hydrogens (primary N) is 1. The molecule has 16 heavy (non-hydrogen) atoms. The molecule has 88 valence electrons. The summed E-state index contributed by atoms with van der Waals surface area (Å²) in [5, 5.41) is 2.89. The third kappa shape index (κ3) is 2.25. The minimum absolute atomic E-state index is 0.0530. The van der Waals surface area contributed by atoms with E-state index in [1.807, 2.05) is 13.8 Å². The first-order valence-corrected chi connectivity index (χ1v) is 6.36. The summed E-state index contributed by atoms with van der Waals surface area (Å²) in [5.41, 5.74) is 8.08. The second-order valence-electron chi connectivity index (χ2n) is 4.60. The smallest absolute Gasteiger partial charge is 0.240 e. The first-order chi connectivity index (χ1) is 7.51. The van der Waals surface area contributed by atoms with Crippen LogP contribution in [0.2, 0.25) is 0 Å². The van der Waals surface area contributed by atoms with Crippen molar-refractivity contribution in [2.45, 2.75) is 38.8 Å². The van der Waals surface area contributed by atoms with Gasteiger partial charge in [0.05, 0.1) is 23.3 Å². The number of hydrogen-bond acceptors (Lipinski definition) is 4. The van der Waals surface area contributed by atoms with Gasteiger partial charge < -0.3 is 11.1 Å². The first-order valence-electron chi connectivity index (χ1n) is 5.48. The molecule has 1 aromatic rings. The van der Waals surface area contributed by atoms with Crippen molar-refractivity contribution in [1.82, 2.24) is 10.3 Å². The van der Waals surface area contributed by atoms with Crippen molar-refractivity contribution in [2.24, 2.45) is 11.7 Å². The lowest BCUT2D eigenvalue weighted by atomic mass is 9.96. The highest BCUT2D eigenvalue weighted by molar-refractivity contribution is 7.09. The normalized spacial score (nSPS) is 19.2. The van der Waals surface area contributed by atoms with Crippen molar-refractivity contribution in [2.75, 3.05) is 0 Å². The number of aryl methyl sites for hydroxylation is 1. The van der Waals surface area contributed by atoms with Crippen molar-refractivity contribution in [3.8, 4) is 0 Å². The molecule has 1 aromatic heterocycles. The molecule has 1 heterocycles. The number of rotatable bonds is 4. The third-order valence-corrected chi connectivity index (χ3v) is 4.10. The van der Waals surface area contributed by atoms with Gasteiger partial charge in [-0.25, -0.2) is 4.98 Å². The van der Waals surface area contributed by atoms with Crippen LogP contribution in [-0.4, -0.2) is 16.4 Å². The molecule has 2 rings (SSSR count). The summed E-state index contributed by atoms with van der Waals surface area (Å²) >= 11 is 1.56. The summed E-state index contributed by atoms with van der Waals surface area (Å²) in [7, 11) is 0. The summed E-state index contributed by atoms with van der Waals surface area (Å²) in [5.74, 6) is 0.304. The zero-order chi connectivity index (χ0) is 11.8. The third-order valence-electron chi connectivity index (χ3n) is 3.17. The average Bonchev–Trinajstić information content (AvgIpc) is 3.01. The molecule has 0 bridgehead atoms. The Morgan fingerprint density at radius 2 is 2.44 bits per heavy atom. The highest BCUT2D eigenvalue weighted by Crippen LogP contribution is 2.38. The molecule has 0 radical (unpaired) electrons. The van der Waals surface area contributed by atoms with E-state index in [9.17, 15) is 4.79 Å². The Labute approximate surface area is 99.3 Å². The average molecular weight is 239 g/mol. The van der Waals surface area contributed by atoms with E-state index in [4.69, 9.17) is 5.73 Å². The maximum atomic E-state index is 11.9. The van der Waals surface area contributed by atoms with Crippen LogP contribution in [0.1, 0.15) is 30.3 Å². The van der Waals surface area contributed by atoms with Crippen LogP contribution >= 0.6 is 11.3 Å². The second-order valence-corrected chi connectivity index (χ2v) is 5.54. The first kappa shape index (κ1) is 11.5. The van der Waals surface area contributed by atoms with E-state index in [-0.39, 0.29) is 5.91 Å². The van der Waals surface area contributed by atoms with Gasteiger partial charge in [0.1, 0.15) is 0 Å². The van der Waals surface area contributed by atoms with Gasteiger partial charge in [-0.15, -0.1) is 11.3 Å². The zero-order valence-electron chi connectivity index (χ0n) is 9.62. The predicted molar refractivity (Wildman–Crippen MR) is 64.0 cm³/mol. The van der Waals surface area contributed by atoms with Crippen molar-refractivity contribution in [1.29, 1.82) is 0 Å². The van der Waals surface area contributed by atoms with Crippen molar-refractivity contribution >= 4 is 17.2 Å². The maximum absolute atomic E-state index is 11.9. The van der Waals surface area contributed by atoms with E-state index in [2.05, 4.69) is 10.3 Å². The van der Waals surface area contributed by atoms with Gasteiger partial charge in [0, 0.05) is 4.88 Å². The van der Waals surface area contributed by atoms with Gasteiger partial charge in [-0.2, -0.15) is 0 Å². The molecule has 1 amide bonds. The van der Waals surface area contributed by atoms with E-state index in [1.54, 1.807) is 16.8 Å². The minimum atomic E-state index is -0.710. The topological polar surface area (TPSA) is 68.0 Å². The molecule has 1 atom stereocenters. The molecule has 5 heteroatoms. The SMILES string of the molecule is Cc1ncsc1CNC(=O)C(C)(N)C1CC1. The molecule has 1 saturated carbocycles. The highest BCUT2D eigenvalue weighted by atomic mass is 32.1. The number of carbonyl (C=O) groups excluding carboxylic acids is 1. The maximum Gasteiger partial charge on any atom is 0.240 e. The lowest BCUT2D eigenvalue weighted by molar-refractivity contribution is -0.126. The van der Waals surface area contributed by atoms with Crippen molar-refractivity contribution < 1.29 is 4.79 Å². The zero-order valence-corrected chi connectivity index (χ0v) is 10.4. The van der Waals surface area contributed by atoms with Gasteiger partial charge in [0.25, 0.3) is 0 Å². The Kier molecular flexibility index (Phi) is 2.99. The molecule has 0 spiro atoms. The monoisotopic (exact) mass is 239 g/mol. The Balaban J connectivity index is 1.91. The summed E-state index contributed by atoms with van der Waals surface area (Å²) in [4.78, 5) is 17.1.